The molecule has 0 radical (unpaired) electrons. The number of benzene rings is 1. The SMILES string of the molecule is CC(C)Oc1ccc2cc(C(=O)N3CCc4nc(C5CC5)nn4CC3)c(=O)oc2c1. The van der Waals surface area contributed by atoms with Crippen LogP contribution in [0, 0.1) is 0 Å². The fourth-order valence-electron chi connectivity index (χ4n) is 3.79. The lowest BCUT2D eigenvalue weighted by Gasteiger charge is -2.19. The normalized spacial score (nSPS) is 16.6. The quantitative estimate of drug-likeness (QED) is 0.617. The molecule has 30 heavy (non-hydrogen) atoms. The number of hydrogen-bond donors (Lipinski definition) is 0. The number of amides is 1. The summed E-state index contributed by atoms with van der Waals surface area (Å²) >= 11 is 0. The van der Waals surface area contributed by atoms with E-state index in [2.05, 4.69) is 10.1 Å². The Morgan fingerprint density at radius 3 is 2.80 bits per heavy atom. The lowest BCUT2D eigenvalue weighted by molar-refractivity contribution is 0.0754. The molecule has 2 aromatic heterocycles. The molecule has 3 aromatic rings. The standard InChI is InChI=1S/C22H24N4O4/c1-13(2)29-16-6-5-15-11-17(22(28)30-18(15)12-16)21(27)25-8-7-19-23-20(14-3-4-14)24-26(19)10-9-25/h5-6,11-14H,3-4,7-10H2,1-2H3. The van der Waals surface area contributed by atoms with Gasteiger partial charge in [-0.15, -0.1) is 0 Å². The summed E-state index contributed by atoms with van der Waals surface area (Å²) in [4.78, 5) is 32.0. The van der Waals surface area contributed by atoms with Crippen LogP contribution in [0.2, 0.25) is 0 Å². The minimum absolute atomic E-state index is 0.0163. The maximum atomic E-state index is 13.1. The number of nitrogens with zero attached hydrogens (tertiary/aromatic N) is 4. The van der Waals surface area contributed by atoms with E-state index in [1.165, 1.54) is 0 Å². The third-order valence-corrected chi connectivity index (χ3v) is 5.49. The molecule has 0 bridgehead atoms. The number of hydrogen-bond acceptors (Lipinski definition) is 6. The molecule has 0 atom stereocenters. The van der Waals surface area contributed by atoms with E-state index in [0.717, 1.165) is 24.5 Å². The summed E-state index contributed by atoms with van der Waals surface area (Å²) < 4.78 is 13.0. The average Bonchev–Trinajstić information content (AvgIpc) is 3.51. The Hall–Kier alpha value is -3.16. The van der Waals surface area contributed by atoms with Gasteiger partial charge < -0.3 is 14.1 Å². The molecule has 1 amide bonds. The van der Waals surface area contributed by atoms with Gasteiger partial charge in [0.25, 0.3) is 5.91 Å². The first-order valence-electron chi connectivity index (χ1n) is 10.5. The van der Waals surface area contributed by atoms with E-state index in [9.17, 15) is 9.59 Å². The van der Waals surface area contributed by atoms with E-state index in [-0.39, 0.29) is 17.6 Å². The first kappa shape index (κ1) is 18.8. The van der Waals surface area contributed by atoms with E-state index < -0.39 is 5.63 Å². The Morgan fingerprint density at radius 1 is 1.20 bits per heavy atom. The van der Waals surface area contributed by atoms with Crippen LogP contribution in [0.1, 0.15) is 54.6 Å². The van der Waals surface area contributed by atoms with Gasteiger partial charge in [0.1, 0.15) is 22.7 Å². The Balaban J connectivity index is 1.36. The van der Waals surface area contributed by atoms with Gasteiger partial charge in [0, 0.05) is 36.9 Å². The third kappa shape index (κ3) is 3.58. The van der Waals surface area contributed by atoms with Gasteiger partial charge in [-0.2, -0.15) is 5.10 Å². The summed E-state index contributed by atoms with van der Waals surface area (Å²) in [7, 11) is 0. The van der Waals surface area contributed by atoms with Gasteiger partial charge in [0.15, 0.2) is 5.82 Å². The predicted octanol–water partition coefficient (Wildman–Crippen LogP) is 2.75. The molecule has 1 aliphatic carbocycles. The van der Waals surface area contributed by atoms with Crippen molar-refractivity contribution in [2.24, 2.45) is 0 Å². The Kier molecular flexibility index (Phi) is 4.56. The smallest absolute Gasteiger partial charge is 0.349 e. The summed E-state index contributed by atoms with van der Waals surface area (Å²) in [5.74, 6) is 2.66. The van der Waals surface area contributed by atoms with Crippen molar-refractivity contribution in [1.82, 2.24) is 19.7 Å². The van der Waals surface area contributed by atoms with Crippen LogP contribution in [0.25, 0.3) is 11.0 Å². The highest BCUT2D eigenvalue weighted by Gasteiger charge is 2.30. The van der Waals surface area contributed by atoms with Crippen LogP contribution < -0.4 is 10.4 Å². The van der Waals surface area contributed by atoms with Gasteiger partial charge in [-0.25, -0.2) is 14.5 Å². The average molecular weight is 408 g/mol. The second-order valence-corrected chi connectivity index (χ2v) is 8.24. The Morgan fingerprint density at radius 2 is 2.03 bits per heavy atom. The molecule has 2 aliphatic rings. The molecule has 8 heteroatoms. The van der Waals surface area contributed by atoms with Crippen LogP contribution in [-0.4, -0.2) is 44.8 Å². The zero-order valence-electron chi connectivity index (χ0n) is 17.1. The highest BCUT2D eigenvalue weighted by atomic mass is 16.5. The molecule has 156 valence electrons. The molecule has 0 saturated heterocycles. The number of aromatic nitrogens is 3. The molecule has 0 unspecified atom stereocenters. The summed E-state index contributed by atoms with van der Waals surface area (Å²) in [6, 6.07) is 6.90. The number of ether oxygens (including phenoxy) is 1. The van der Waals surface area contributed by atoms with Gasteiger partial charge in [-0.3, -0.25) is 4.79 Å². The maximum Gasteiger partial charge on any atom is 0.349 e. The molecule has 1 aliphatic heterocycles. The van der Waals surface area contributed by atoms with Gasteiger partial charge in [0.2, 0.25) is 0 Å². The van der Waals surface area contributed by atoms with Crippen molar-refractivity contribution in [1.29, 1.82) is 0 Å². The van der Waals surface area contributed by atoms with E-state index in [1.54, 1.807) is 23.1 Å². The van der Waals surface area contributed by atoms with Gasteiger partial charge >= 0.3 is 5.63 Å². The summed E-state index contributed by atoms with van der Waals surface area (Å²) in [6.07, 6.45) is 2.97. The monoisotopic (exact) mass is 408 g/mol. The van der Waals surface area contributed by atoms with Crippen LogP contribution in [-0.2, 0) is 13.0 Å². The molecular weight excluding hydrogens is 384 g/mol. The molecule has 3 heterocycles. The van der Waals surface area contributed by atoms with Gasteiger partial charge in [-0.05, 0) is 44.9 Å². The summed E-state index contributed by atoms with van der Waals surface area (Å²) in [6.45, 7) is 5.42. The molecule has 0 N–H and O–H groups in total. The number of carbonyl (C=O) groups is 1. The lowest BCUT2D eigenvalue weighted by Crippen LogP contribution is -2.36. The van der Waals surface area contributed by atoms with Crippen molar-refractivity contribution in [3.05, 3.63) is 51.9 Å². The molecule has 8 nitrogen and oxygen atoms in total. The van der Waals surface area contributed by atoms with E-state index in [0.29, 0.717) is 48.7 Å². The molecular formula is C22H24N4O4. The summed E-state index contributed by atoms with van der Waals surface area (Å²) in [5.41, 5.74) is -0.181. The van der Waals surface area contributed by atoms with Crippen LogP contribution in [0.5, 0.6) is 5.75 Å². The largest absolute Gasteiger partial charge is 0.491 e. The minimum Gasteiger partial charge on any atom is -0.491 e. The number of carbonyl (C=O) groups excluding carboxylic acids is 1. The van der Waals surface area contributed by atoms with E-state index in [1.807, 2.05) is 24.6 Å². The lowest BCUT2D eigenvalue weighted by atomic mass is 10.1. The fraction of sp³-hybridized carbons (Fsp3) is 0.455. The van der Waals surface area contributed by atoms with Gasteiger partial charge in [0.05, 0.1) is 12.6 Å². The summed E-state index contributed by atoms with van der Waals surface area (Å²) in [5, 5.41) is 5.29. The maximum absolute atomic E-state index is 13.1. The Bertz CT molecular complexity index is 1150. The van der Waals surface area contributed by atoms with Crippen LogP contribution in [0.4, 0.5) is 0 Å². The highest BCUT2D eigenvalue weighted by Crippen LogP contribution is 2.38. The first-order chi connectivity index (χ1) is 14.5. The topological polar surface area (TPSA) is 90.5 Å². The molecule has 1 saturated carbocycles. The van der Waals surface area contributed by atoms with Crippen LogP contribution in [0.15, 0.2) is 33.5 Å². The van der Waals surface area contributed by atoms with Crippen molar-refractivity contribution in [2.75, 3.05) is 13.1 Å². The Labute approximate surface area is 173 Å². The third-order valence-electron chi connectivity index (χ3n) is 5.49. The zero-order valence-corrected chi connectivity index (χ0v) is 17.1. The van der Waals surface area contributed by atoms with E-state index >= 15 is 0 Å². The number of fused-ring (bicyclic) bond motifs is 2. The number of rotatable bonds is 4. The molecule has 5 rings (SSSR count). The predicted molar refractivity (Wildman–Crippen MR) is 110 cm³/mol. The zero-order chi connectivity index (χ0) is 20.8. The van der Waals surface area contributed by atoms with Crippen molar-refractivity contribution in [3.63, 3.8) is 0 Å². The van der Waals surface area contributed by atoms with Crippen molar-refractivity contribution >= 4 is 16.9 Å². The van der Waals surface area contributed by atoms with Crippen molar-refractivity contribution in [3.8, 4) is 5.75 Å². The highest BCUT2D eigenvalue weighted by molar-refractivity contribution is 5.96. The molecule has 1 fully saturated rings. The van der Waals surface area contributed by atoms with E-state index in [4.69, 9.17) is 9.15 Å². The van der Waals surface area contributed by atoms with Crippen LogP contribution in [0.3, 0.4) is 0 Å². The first-order valence-corrected chi connectivity index (χ1v) is 10.5. The fourth-order valence-corrected chi connectivity index (χ4v) is 3.79. The molecule has 1 aromatic carbocycles. The molecule has 0 spiro atoms. The van der Waals surface area contributed by atoms with Crippen molar-refractivity contribution in [2.45, 2.75) is 51.7 Å². The second-order valence-electron chi connectivity index (χ2n) is 8.24. The second kappa shape index (κ2) is 7.27. The van der Waals surface area contributed by atoms with Crippen LogP contribution >= 0.6 is 0 Å². The minimum atomic E-state index is -0.634. The van der Waals surface area contributed by atoms with Gasteiger partial charge in [-0.1, -0.05) is 0 Å². The van der Waals surface area contributed by atoms with Crippen molar-refractivity contribution < 1.29 is 13.9 Å².